The van der Waals surface area contributed by atoms with Gasteiger partial charge in [-0.3, -0.25) is 9.59 Å². The number of carbonyl (C=O) groups is 2. The summed E-state index contributed by atoms with van der Waals surface area (Å²) in [4.78, 5) is 31.0. The molecule has 1 aromatic heterocycles. The predicted octanol–water partition coefficient (Wildman–Crippen LogP) is 3.86. The molecule has 0 spiro atoms. The van der Waals surface area contributed by atoms with Crippen LogP contribution in [0.1, 0.15) is 80.6 Å². The van der Waals surface area contributed by atoms with E-state index in [1.54, 1.807) is 6.92 Å². The minimum absolute atomic E-state index is 0.000504. The zero-order chi connectivity index (χ0) is 20.5. The molecule has 1 saturated carbocycles. The fraction of sp³-hybridized carbons (Fsp3) is 0.750. The molecule has 2 aliphatic rings. The third kappa shape index (κ3) is 4.52. The first-order chi connectivity index (χ1) is 13.2. The van der Waals surface area contributed by atoms with Crippen molar-refractivity contribution in [1.29, 1.82) is 0 Å². The van der Waals surface area contributed by atoms with Gasteiger partial charge < -0.3 is 14.6 Å². The maximum absolute atomic E-state index is 13.4. The first kappa shape index (κ1) is 20.7. The van der Waals surface area contributed by atoms with Crippen molar-refractivity contribution in [1.82, 2.24) is 15.2 Å². The summed E-state index contributed by atoms with van der Waals surface area (Å²) < 4.78 is 32.5. The van der Waals surface area contributed by atoms with Crippen LogP contribution < -0.4 is 5.32 Å². The van der Waals surface area contributed by atoms with E-state index in [4.69, 9.17) is 4.42 Å². The molecule has 2 amide bonds. The highest BCUT2D eigenvalue weighted by Crippen LogP contribution is 2.30. The Morgan fingerprint density at radius 1 is 1.21 bits per heavy atom. The molecule has 1 atom stereocenters. The van der Waals surface area contributed by atoms with Gasteiger partial charge in [-0.25, -0.2) is 13.8 Å². The zero-order valence-electron chi connectivity index (χ0n) is 16.8. The number of oxazole rings is 1. The normalized spacial score (nSPS) is 21.1. The summed E-state index contributed by atoms with van der Waals surface area (Å²) in [5, 5.41) is 3.03. The molecule has 0 radical (unpaired) electrons. The average Bonchev–Trinajstić information content (AvgIpc) is 3.28. The molecule has 156 valence electrons. The van der Waals surface area contributed by atoms with Gasteiger partial charge in [0.15, 0.2) is 5.69 Å². The van der Waals surface area contributed by atoms with Gasteiger partial charge in [-0.1, -0.05) is 26.7 Å². The minimum atomic E-state index is -2.71. The van der Waals surface area contributed by atoms with Crippen molar-refractivity contribution in [3.05, 3.63) is 17.3 Å². The van der Waals surface area contributed by atoms with Gasteiger partial charge in [-0.15, -0.1) is 0 Å². The molecule has 8 heteroatoms. The lowest BCUT2D eigenvalue weighted by molar-refractivity contribution is -0.126. The fourth-order valence-electron chi connectivity index (χ4n) is 3.91. The van der Waals surface area contributed by atoms with Crippen LogP contribution in [0, 0.1) is 18.8 Å². The van der Waals surface area contributed by atoms with Gasteiger partial charge in [0, 0.05) is 31.8 Å². The maximum Gasteiger partial charge on any atom is 0.276 e. The second-order valence-electron chi connectivity index (χ2n) is 8.32. The van der Waals surface area contributed by atoms with Gasteiger partial charge in [0.1, 0.15) is 11.8 Å². The Bertz CT molecular complexity index is 716. The molecule has 1 aliphatic carbocycles. The van der Waals surface area contributed by atoms with Crippen LogP contribution in [0.4, 0.5) is 8.78 Å². The van der Waals surface area contributed by atoms with E-state index in [-0.39, 0.29) is 49.4 Å². The summed E-state index contributed by atoms with van der Waals surface area (Å²) in [5.41, 5.74) is 0.140. The Balaban J connectivity index is 1.73. The summed E-state index contributed by atoms with van der Waals surface area (Å²) >= 11 is 0. The number of nitrogens with zero attached hydrogens (tertiary/aromatic N) is 2. The number of nitrogens with one attached hydrogen (secondary N) is 1. The van der Waals surface area contributed by atoms with Crippen LogP contribution in [0.5, 0.6) is 0 Å². The molecule has 6 nitrogen and oxygen atoms in total. The summed E-state index contributed by atoms with van der Waals surface area (Å²) in [6, 6.07) is -0.431. The lowest BCUT2D eigenvalue weighted by Crippen LogP contribution is -2.43. The van der Waals surface area contributed by atoms with Gasteiger partial charge in [0.05, 0.1) is 0 Å². The van der Waals surface area contributed by atoms with Crippen LogP contribution in [0.3, 0.4) is 0 Å². The number of hydrogen-bond acceptors (Lipinski definition) is 4. The Morgan fingerprint density at radius 2 is 1.82 bits per heavy atom. The van der Waals surface area contributed by atoms with Gasteiger partial charge in [0.2, 0.25) is 11.8 Å². The number of hydrogen-bond donors (Lipinski definition) is 1. The van der Waals surface area contributed by atoms with E-state index in [1.165, 1.54) is 4.90 Å². The molecule has 1 aromatic rings. The molecule has 1 N–H and O–H groups in total. The van der Waals surface area contributed by atoms with Crippen molar-refractivity contribution in [3.8, 4) is 0 Å². The number of carbonyl (C=O) groups excluding carboxylic acids is 2. The largest absolute Gasteiger partial charge is 0.443 e. The number of amides is 2. The third-order valence-corrected chi connectivity index (χ3v) is 5.75. The van der Waals surface area contributed by atoms with Crippen molar-refractivity contribution in [2.45, 2.75) is 71.3 Å². The van der Waals surface area contributed by atoms with Gasteiger partial charge in [0.25, 0.3) is 11.8 Å². The second kappa shape index (κ2) is 8.17. The molecule has 2 fully saturated rings. The third-order valence-electron chi connectivity index (χ3n) is 5.75. The Labute approximate surface area is 164 Å². The number of piperidine rings is 1. The average molecular weight is 397 g/mol. The first-order valence-electron chi connectivity index (χ1n) is 10.1. The molecule has 2 heterocycles. The highest BCUT2D eigenvalue weighted by atomic mass is 19.3. The number of halogens is 2. The van der Waals surface area contributed by atoms with Crippen LogP contribution in [-0.4, -0.2) is 40.7 Å². The molecular formula is C20H29F2N3O3. The van der Waals surface area contributed by atoms with Crippen molar-refractivity contribution in [2.24, 2.45) is 11.8 Å². The number of rotatable bonds is 5. The SMILES string of the molecule is Cc1oc([C@@H](NC(=O)C2CCCC2)C(C)C)nc1C(=O)N1CCC(F)(F)CC1. The van der Waals surface area contributed by atoms with Gasteiger partial charge >= 0.3 is 0 Å². The molecule has 1 aliphatic heterocycles. The summed E-state index contributed by atoms with van der Waals surface area (Å²) in [6.07, 6.45) is 3.24. The number of alkyl halides is 2. The second-order valence-corrected chi connectivity index (χ2v) is 8.32. The zero-order valence-corrected chi connectivity index (χ0v) is 16.8. The fourth-order valence-corrected chi connectivity index (χ4v) is 3.91. The first-order valence-corrected chi connectivity index (χ1v) is 10.1. The lowest BCUT2D eigenvalue weighted by Gasteiger charge is -2.31. The Hall–Kier alpha value is -1.99. The molecule has 0 aromatic carbocycles. The van der Waals surface area contributed by atoms with Crippen LogP contribution in [0.25, 0.3) is 0 Å². The van der Waals surface area contributed by atoms with Crippen LogP contribution in [-0.2, 0) is 4.79 Å². The number of aromatic nitrogens is 1. The van der Waals surface area contributed by atoms with Crippen LogP contribution in [0.15, 0.2) is 4.42 Å². The lowest BCUT2D eigenvalue weighted by atomic mass is 10.0. The highest BCUT2D eigenvalue weighted by molar-refractivity contribution is 5.93. The molecule has 3 rings (SSSR count). The highest BCUT2D eigenvalue weighted by Gasteiger charge is 2.37. The molecular weight excluding hydrogens is 368 g/mol. The van der Waals surface area contributed by atoms with Crippen LogP contribution >= 0.6 is 0 Å². The van der Waals surface area contributed by atoms with E-state index in [9.17, 15) is 18.4 Å². The van der Waals surface area contributed by atoms with Gasteiger partial charge in [-0.2, -0.15) is 0 Å². The number of aryl methyl sites for hydroxylation is 1. The standard InChI is InChI=1S/C20H29F2N3O3/c1-12(2)15(23-17(26)14-6-4-5-7-14)18-24-16(13(3)28-18)19(27)25-10-8-20(21,22)9-11-25/h12,14-15H,4-11H2,1-3H3,(H,23,26)/t15-/m0/s1. The quantitative estimate of drug-likeness (QED) is 0.819. The van der Waals surface area contributed by atoms with E-state index < -0.39 is 17.9 Å². The Morgan fingerprint density at radius 3 is 2.39 bits per heavy atom. The number of likely N-dealkylation sites (tertiary alicyclic amines) is 1. The summed E-state index contributed by atoms with van der Waals surface area (Å²) in [6.45, 7) is 5.54. The van der Waals surface area contributed by atoms with E-state index in [1.807, 2.05) is 13.8 Å². The topological polar surface area (TPSA) is 75.4 Å². The minimum Gasteiger partial charge on any atom is -0.443 e. The molecule has 0 unspecified atom stereocenters. The molecule has 28 heavy (non-hydrogen) atoms. The smallest absolute Gasteiger partial charge is 0.276 e. The van der Waals surface area contributed by atoms with E-state index in [0.29, 0.717) is 11.7 Å². The summed E-state index contributed by atoms with van der Waals surface area (Å²) in [5.74, 6) is -2.42. The van der Waals surface area contributed by atoms with Crippen molar-refractivity contribution >= 4 is 11.8 Å². The van der Waals surface area contributed by atoms with Crippen LogP contribution in [0.2, 0.25) is 0 Å². The molecule has 1 saturated heterocycles. The van der Waals surface area contributed by atoms with E-state index in [2.05, 4.69) is 10.3 Å². The van der Waals surface area contributed by atoms with E-state index in [0.717, 1.165) is 25.7 Å². The predicted molar refractivity (Wildman–Crippen MR) is 99.0 cm³/mol. The van der Waals surface area contributed by atoms with Crippen molar-refractivity contribution in [2.75, 3.05) is 13.1 Å². The van der Waals surface area contributed by atoms with Crippen molar-refractivity contribution < 1.29 is 22.8 Å². The van der Waals surface area contributed by atoms with Gasteiger partial charge in [-0.05, 0) is 25.7 Å². The van der Waals surface area contributed by atoms with Crippen molar-refractivity contribution in [3.63, 3.8) is 0 Å². The summed E-state index contributed by atoms with van der Waals surface area (Å²) in [7, 11) is 0. The monoisotopic (exact) mass is 397 g/mol. The van der Waals surface area contributed by atoms with E-state index >= 15 is 0 Å². The maximum atomic E-state index is 13.4. The molecule has 0 bridgehead atoms. The Kier molecular flexibility index (Phi) is 6.05.